The quantitative estimate of drug-likeness (QED) is 0.665. The highest BCUT2D eigenvalue weighted by molar-refractivity contribution is 5.95. The fourth-order valence-electron chi connectivity index (χ4n) is 2.35. The van der Waals surface area contributed by atoms with E-state index in [9.17, 15) is 9.59 Å². The molecule has 0 aromatic heterocycles. The van der Waals surface area contributed by atoms with Crippen molar-refractivity contribution >= 4 is 17.6 Å². The lowest BCUT2D eigenvalue weighted by atomic mass is 10.2. The van der Waals surface area contributed by atoms with Crippen molar-refractivity contribution in [2.75, 3.05) is 26.1 Å². The minimum Gasteiger partial charge on any atom is -0.493 e. The van der Waals surface area contributed by atoms with E-state index in [1.807, 2.05) is 31.2 Å². The number of rotatable bonds is 9. The number of aryl methyl sites for hydroxylation is 1. The second kappa shape index (κ2) is 10.2. The summed E-state index contributed by atoms with van der Waals surface area (Å²) in [5.41, 5.74) is 1.63. The molecule has 0 unspecified atom stereocenters. The van der Waals surface area contributed by atoms with Crippen molar-refractivity contribution in [1.82, 2.24) is 0 Å². The number of hydrogen-bond donors (Lipinski definition) is 1. The SMILES string of the molecule is COc1ccc(NC(=O)[C@H](C)OC(=O)CCOc2ccc(C)cc2)cc1OC. The van der Waals surface area contributed by atoms with Crippen LogP contribution in [0.1, 0.15) is 18.9 Å². The van der Waals surface area contributed by atoms with Crippen molar-refractivity contribution in [2.45, 2.75) is 26.4 Å². The van der Waals surface area contributed by atoms with E-state index in [0.717, 1.165) is 5.56 Å². The first-order valence-corrected chi connectivity index (χ1v) is 8.84. The molecule has 2 aromatic carbocycles. The van der Waals surface area contributed by atoms with E-state index >= 15 is 0 Å². The number of hydrogen-bond acceptors (Lipinski definition) is 6. The van der Waals surface area contributed by atoms with Gasteiger partial charge in [-0.05, 0) is 38.1 Å². The number of carbonyl (C=O) groups is 2. The molecule has 0 radical (unpaired) electrons. The lowest BCUT2D eigenvalue weighted by Gasteiger charge is -2.15. The van der Waals surface area contributed by atoms with Gasteiger partial charge in [-0.2, -0.15) is 0 Å². The molecular formula is C21H25NO6. The number of nitrogens with one attached hydrogen (secondary N) is 1. The molecule has 0 saturated carbocycles. The van der Waals surface area contributed by atoms with Gasteiger partial charge < -0.3 is 24.3 Å². The largest absolute Gasteiger partial charge is 0.493 e. The number of carbonyl (C=O) groups excluding carboxylic acids is 2. The minimum absolute atomic E-state index is 0.0435. The van der Waals surface area contributed by atoms with Crippen LogP contribution in [0.4, 0.5) is 5.69 Å². The van der Waals surface area contributed by atoms with Gasteiger partial charge in [-0.3, -0.25) is 9.59 Å². The summed E-state index contributed by atoms with van der Waals surface area (Å²) in [4.78, 5) is 24.2. The third kappa shape index (κ3) is 6.19. The van der Waals surface area contributed by atoms with Gasteiger partial charge >= 0.3 is 5.97 Å². The zero-order valence-corrected chi connectivity index (χ0v) is 16.5. The van der Waals surface area contributed by atoms with Crippen molar-refractivity contribution in [2.24, 2.45) is 0 Å². The van der Waals surface area contributed by atoms with Crippen LogP contribution in [0.2, 0.25) is 0 Å². The van der Waals surface area contributed by atoms with Gasteiger partial charge in [0.25, 0.3) is 5.91 Å². The lowest BCUT2D eigenvalue weighted by molar-refractivity contribution is -0.153. The molecule has 1 amide bonds. The van der Waals surface area contributed by atoms with Gasteiger partial charge in [0.1, 0.15) is 5.75 Å². The molecule has 0 aliphatic rings. The monoisotopic (exact) mass is 387 g/mol. The molecule has 0 aliphatic carbocycles. The van der Waals surface area contributed by atoms with Gasteiger partial charge in [0, 0.05) is 11.8 Å². The van der Waals surface area contributed by atoms with Crippen LogP contribution in [0.15, 0.2) is 42.5 Å². The molecule has 1 N–H and O–H groups in total. The minimum atomic E-state index is -0.944. The van der Waals surface area contributed by atoms with E-state index in [2.05, 4.69) is 5.32 Å². The second-order valence-electron chi connectivity index (χ2n) is 6.10. The average Bonchev–Trinajstić information content (AvgIpc) is 2.69. The second-order valence-corrected chi connectivity index (χ2v) is 6.10. The number of methoxy groups -OCH3 is 2. The molecule has 7 heteroatoms. The fourth-order valence-corrected chi connectivity index (χ4v) is 2.35. The molecule has 0 saturated heterocycles. The summed E-state index contributed by atoms with van der Waals surface area (Å²) in [6.45, 7) is 3.66. The Bertz CT molecular complexity index is 803. The summed E-state index contributed by atoms with van der Waals surface area (Å²) >= 11 is 0. The molecule has 0 bridgehead atoms. The summed E-state index contributed by atoms with van der Waals surface area (Å²) < 4.78 is 21.0. The van der Waals surface area contributed by atoms with E-state index < -0.39 is 18.0 Å². The van der Waals surface area contributed by atoms with Crippen molar-refractivity contribution in [1.29, 1.82) is 0 Å². The predicted octanol–water partition coefficient (Wildman–Crippen LogP) is 3.35. The van der Waals surface area contributed by atoms with Gasteiger partial charge in [-0.1, -0.05) is 17.7 Å². The zero-order valence-electron chi connectivity index (χ0n) is 16.5. The molecule has 0 spiro atoms. The van der Waals surface area contributed by atoms with E-state index in [4.69, 9.17) is 18.9 Å². The number of amides is 1. The molecule has 150 valence electrons. The van der Waals surface area contributed by atoms with Crippen molar-refractivity contribution in [3.8, 4) is 17.2 Å². The third-order valence-electron chi connectivity index (χ3n) is 3.92. The highest BCUT2D eigenvalue weighted by atomic mass is 16.6. The Hall–Kier alpha value is -3.22. The van der Waals surface area contributed by atoms with Crippen LogP contribution >= 0.6 is 0 Å². The van der Waals surface area contributed by atoms with Gasteiger partial charge in [0.15, 0.2) is 17.6 Å². The van der Waals surface area contributed by atoms with Crippen LogP contribution in [0.5, 0.6) is 17.2 Å². The Morgan fingerprint density at radius 2 is 1.68 bits per heavy atom. The Balaban J connectivity index is 1.79. The molecule has 7 nitrogen and oxygen atoms in total. The first kappa shape index (κ1) is 21.1. The van der Waals surface area contributed by atoms with Crippen LogP contribution in [0, 0.1) is 6.92 Å². The Labute approximate surface area is 164 Å². The highest BCUT2D eigenvalue weighted by Crippen LogP contribution is 2.29. The molecule has 2 rings (SSSR count). The maximum Gasteiger partial charge on any atom is 0.310 e. The van der Waals surface area contributed by atoms with Crippen molar-refractivity contribution in [3.05, 3.63) is 48.0 Å². The van der Waals surface area contributed by atoms with E-state index in [1.54, 1.807) is 18.2 Å². The Morgan fingerprint density at radius 3 is 2.32 bits per heavy atom. The summed E-state index contributed by atoms with van der Waals surface area (Å²) in [7, 11) is 3.03. The average molecular weight is 387 g/mol. The van der Waals surface area contributed by atoms with Gasteiger partial charge in [-0.25, -0.2) is 0 Å². The standard InChI is InChI=1S/C21H25NO6/c1-14-5-8-17(9-6-14)27-12-11-20(23)28-15(2)21(24)22-16-7-10-18(25-3)19(13-16)26-4/h5-10,13,15H,11-12H2,1-4H3,(H,22,24)/t15-/m0/s1. The lowest BCUT2D eigenvalue weighted by Crippen LogP contribution is -2.30. The van der Waals surface area contributed by atoms with Crippen LogP contribution in [0.25, 0.3) is 0 Å². The maximum atomic E-state index is 12.2. The van der Waals surface area contributed by atoms with Gasteiger partial charge in [-0.15, -0.1) is 0 Å². The van der Waals surface area contributed by atoms with E-state index in [-0.39, 0.29) is 13.0 Å². The molecule has 0 fully saturated rings. The summed E-state index contributed by atoms with van der Waals surface area (Å²) in [6.07, 6.45) is -0.901. The van der Waals surface area contributed by atoms with Crippen LogP contribution in [-0.4, -0.2) is 38.8 Å². The maximum absolute atomic E-state index is 12.2. The van der Waals surface area contributed by atoms with Crippen molar-refractivity contribution in [3.63, 3.8) is 0 Å². The summed E-state index contributed by atoms with van der Waals surface area (Å²) in [5.74, 6) is 0.756. The molecule has 0 heterocycles. The number of esters is 1. The predicted molar refractivity (Wildman–Crippen MR) is 105 cm³/mol. The first-order valence-electron chi connectivity index (χ1n) is 8.84. The number of anilines is 1. The smallest absolute Gasteiger partial charge is 0.310 e. The molecular weight excluding hydrogens is 362 g/mol. The van der Waals surface area contributed by atoms with E-state index in [1.165, 1.54) is 21.1 Å². The fraction of sp³-hybridized carbons (Fsp3) is 0.333. The van der Waals surface area contributed by atoms with Crippen LogP contribution in [0.3, 0.4) is 0 Å². The molecule has 2 aromatic rings. The zero-order chi connectivity index (χ0) is 20.5. The van der Waals surface area contributed by atoms with Crippen LogP contribution in [-0.2, 0) is 14.3 Å². The van der Waals surface area contributed by atoms with Gasteiger partial charge in [0.05, 0.1) is 27.2 Å². The van der Waals surface area contributed by atoms with E-state index in [0.29, 0.717) is 22.9 Å². The Kier molecular flexibility index (Phi) is 7.68. The molecule has 1 atom stereocenters. The number of ether oxygens (including phenoxy) is 4. The summed E-state index contributed by atoms with van der Waals surface area (Å²) in [5, 5.41) is 2.68. The molecule has 28 heavy (non-hydrogen) atoms. The van der Waals surface area contributed by atoms with Crippen molar-refractivity contribution < 1.29 is 28.5 Å². The Morgan fingerprint density at radius 1 is 1.00 bits per heavy atom. The first-order chi connectivity index (χ1) is 13.4. The molecule has 0 aliphatic heterocycles. The summed E-state index contributed by atoms with van der Waals surface area (Å²) in [6, 6.07) is 12.5. The topological polar surface area (TPSA) is 83.1 Å². The van der Waals surface area contributed by atoms with Gasteiger partial charge in [0.2, 0.25) is 0 Å². The highest BCUT2D eigenvalue weighted by Gasteiger charge is 2.18. The van der Waals surface area contributed by atoms with Crippen LogP contribution < -0.4 is 19.5 Å². The third-order valence-corrected chi connectivity index (χ3v) is 3.92. The normalized spacial score (nSPS) is 11.3. The number of benzene rings is 2.